The molecule has 4 nitrogen and oxygen atoms in total. The van der Waals surface area contributed by atoms with Gasteiger partial charge in [0.15, 0.2) is 0 Å². The van der Waals surface area contributed by atoms with Gasteiger partial charge in [0.25, 0.3) is 0 Å². The predicted molar refractivity (Wildman–Crippen MR) is 82.1 cm³/mol. The Bertz CT molecular complexity index is 757. The highest BCUT2D eigenvalue weighted by molar-refractivity contribution is 7.13. The van der Waals surface area contributed by atoms with Gasteiger partial charge >= 0.3 is 5.97 Å². The highest BCUT2D eigenvalue weighted by Crippen LogP contribution is 2.30. The Kier molecular flexibility index (Phi) is 3.50. The summed E-state index contributed by atoms with van der Waals surface area (Å²) in [7, 11) is 0. The number of aliphatic carboxylic acids is 1. The van der Waals surface area contributed by atoms with Crippen molar-refractivity contribution in [2.45, 2.75) is 6.42 Å². The number of aromatic hydroxyl groups is 1. The van der Waals surface area contributed by atoms with Gasteiger partial charge < -0.3 is 14.8 Å². The lowest BCUT2D eigenvalue weighted by Crippen LogP contribution is -2.07. The third-order valence-corrected chi connectivity index (χ3v) is 4.07. The Hall–Kier alpha value is -2.53. The van der Waals surface area contributed by atoms with Crippen LogP contribution in [0.25, 0.3) is 16.3 Å². The molecule has 0 spiro atoms. The quantitative estimate of drug-likeness (QED) is 0.774. The van der Waals surface area contributed by atoms with E-state index < -0.39 is 5.97 Å². The number of hydrogen-bond acceptors (Lipinski definition) is 3. The normalized spacial score (nSPS) is 10.7. The van der Waals surface area contributed by atoms with Gasteiger partial charge in [-0.25, -0.2) is 0 Å². The molecular formula is C16H13NO3S. The summed E-state index contributed by atoms with van der Waals surface area (Å²) >= 11 is 1.60. The Labute approximate surface area is 125 Å². The van der Waals surface area contributed by atoms with Crippen LogP contribution in [-0.2, 0) is 11.2 Å². The molecule has 0 aliphatic carbocycles. The van der Waals surface area contributed by atoms with Crippen LogP contribution in [0.4, 0.5) is 0 Å². The number of thiophene rings is 1. The largest absolute Gasteiger partial charge is 0.508 e. The summed E-state index contributed by atoms with van der Waals surface area (Å²) < 4.78 is 1.92. The van der Waals surface area contributed by atoms with Crippen molar-refractivity contribution in [2.75, 3.05) is 0 Å². The summed E-state index contributed by atoms with van der Waals surface area (Å²) in [6.45, 7) is 0. The molecule has 0 amide bonds. The standard InChI is InChI=1S/C16H13NO3S/c18-13-6-3-11(4-7-13)17-12(10-16(19)20)5-8-14(17)15-2-1-9-21-15/h1-9,18H,10H2,(H,19,20). The maximum Gasteiger partial charge on any atom is 0.309 e. The van der Waals surface area contributed by atoms with Crippen LogP contribution in [0.3, 0.4) is 0 Å². The first kappa shape index (κ1) is 13.5. The summed E-state index contributed by atoms with van der Waals surface area (Å²) in [5.41, 5.74) is 2.49. The summed E-state index contributed by atoms with van der Waals surface area (Å²) in [4.78, 5) is 12.1. The minimum absolute atomic E-state index is 0.0494. The molecule has 0 aliphatic heterocycles. The third kappa shape index (κ3) is 2.68. The van der Waals surface area contributed by atoms with E-state index in [0.717, 1.165) is 16.3 Å². The third-order valence-electron chi connectivity index (χ3n) is 3.18. The number of phenolic OH excluding ortho intramolecular Hbond substituents is 1. The Balaban J connectivity index is 2.16. The lowest BCUT2D eigenvalue weighted by atomic mass is 10.2. The lowest BCUT2D eigenvalue weighted by molar-refractivity contribution is -0.136. The van der Waals surface area contributed by atoms with Gasteiger partial charge in [-0.15, -0.1) is 11.3 Å². The van der Waals surface area contributed by atoms with Gasteiger partial charge in [0.1, 0.15) is 5.75 Å². The first-order valence-electron chi connectivity index (χ1n) is 6.41. The predicted octanol–water partition coefficient (Wildman–Crippen LogP) is 3.54. The van der Waals surface area contributed by atoms with E-state index in [4.69, 9.17) is 5.11 Å². The molecule has 5 heteroatoms. The molecule has 0 atom stereocenters. The number of carboxylic acid groups (broad SMARTS) is 1. The molecular weight excluding hydrogens is 286 g/mol. The first-order valence-corrected chi connectivity index (χ1v) is 7.29. The monoisotopic (exact) mass is 299 g/mol. The van der Waals surface area contributed by atoms with E-state index in [-0.39, 0.29) is 12.2 Å². The molecule has 0 aliphatic rings. The van der Waals surface area contributed by atoms with Crippen LogP contribution in [0.5, 0.6) is 5.75 Å². The molecule has 0 saturated heterocycles. The van der Waals surface area contributed by atoms with Gasteiger partial charge in [-0.3, -0.25) is 4.79 Å². The second-order valence-corrected chi connectivity index (χ2v) is 5.56. The minimum Gasteiger partial charge on any atom is -0.508 e. The molecule has 2 N–H and O–H groups in total. The van der Waals surface area contributed by atoms with E-state index in [0.29, 0.717) is 5.69 Å². The van der Waals surface area contributed by atoms with Crippen LogP contribution in [0.1, 0.15) is 5.69 Å². The number of aromatic nitrogens is 1. The summed E-state index contributed by atoms with van der Waals surface area (Å²) in [5, 5.41) is 20.5. The number of benzene rings is 1. The zero-order valence-electron chi connectivity index (χ0n) is 11.1. The Morgan fingerprint density at radius 1 is 1.10 bits per heavy atom. The Morgan fingerprint density at radius 3 is 2.48 bits per heavy atom. The molecule has 0 unspecified atom stereocenters. The second-order valence-electron chi connectivity index (χ2n) is 4.61. The van der Waals surface area contributed by atoms with Gasteiger partial charge in [-0.05, 0) is 47.8 Å². The zero-order chi connectivity index (χ0) is 14.8. The summed E-state index contributed by atoms with van der Waals surface area (Å²) in [6.07, 6.45) is -0.0494. The van der Waals surface area contributed by atoms with Gasteiger partial charge in [0.05, 0.1) is 17.0 Å². The van der Waals surface area contributed by atoms with Crippen LogP contribution >= 0.6 is 11.3 Å². The average Bonchev–Trinajstić information content (AvgIpc) is 3.08. The maximum atomic E-state index is 11.1. The fourth-order valence-corrected chi connectivity index (χ4v) is 3.04. The van der Waals surface area contributed by atoms with Crippen molar-refractivity contribution < 1.29 is 15.0 Å². The number of rotatable bonds is 4. The van der Waals surface area contributed by atoms with Crippen LogP contribution in [0, 0.1) is 0 Å². The first-order chi connectivity index (χ1) is 10.1. The van der Waals surface area contributed by atoms with E-state index in [1.54, 1.807) is 35.6 Å². The van der Waals surface area contributed by atoms with Crippen molar-refractivity contribution in [1.29, 1.82) is 0 Å². The van der Waals surface area contributed by atoms with Crippen molar-refractivity contribution >= 4 is 17.3 Å². The highest BCUT2D eigenvalue weighted by Gasteiger charge is 2.14. The van der Waals surface area contributed by atoms with E-state index in [9.17, 15) is 9.90 Å². The molecule has 2 heterocycles. The van der Waals surface area contributed by atoms with Crippen molar-refractivity contribution in [1.82, 2.24) is 4.57 Å². The number of carbonyl (C=O) groups is 1. The summed E-state index contributed by atoms with van der Waals surface area (Å²) in [6, 6.07) is 14.5. The maximum absolute atomic E-state index is 11.1. The number of nitrogens with zero attached hydrogens (tertiary/aromatic N) is 1. The molecule has 2 aromatic heterocycles. The summed E-state index contributed by atoms with van der Waals surface area (Å²) in [5.74, 6) is -0.686. The molecule has 0 saturated carbocycles. The van der Waals surface area contributed by atoms with E-state index in [1.807, 2.05) is 34.2 Å². The van der Waals surface area contributed by atoms with Crippen LogP contribution in [0.15, 0.2) is 53.9 Å². The van der Waals surface area contributed by atoms with E-state index >= 15 is 0 Å². The van der Waals surface area contributed by atoms with E-state index in [2.05, 4.69) is 0 Å². The fraction of sp³-hybridized carbons (Fsp3) is 0.0625. The van der Waals surface area contributed by atoms with Crippen molar-refractivity contribution in [3.8, 4) is 22.0 Å². The highest BCUT2D eigenvalue weighted by atomic mass is 32.1. The molecule has 3 aromatic rings. The molecule has 1 aromatic carbocycles. The van der Waals surface area contributed by atoms with Gasteiger partial charge in [0.2, 0.25) is 0 Å². The fourth-order valence-electron chi connectivity index (χ4n) is 2.30. The van der Waals surface area contributed by atoms with Crippen LogP contribution in [0.2, 0.25) is 0 Å². The second kappa shape index (κ2) is 5.46. The molecule has 0 bridgehead atoms. The minimum atomic E-state index is -0.870. The molecule has 3 rings (SSSR count). The zero-order valence-corrected chi connectivity index (χ0v) is 11.9. The molecule has 106 valence electrons. The van der Waals surface area contributed by atoms with E-state index in [1.165, 1.54) is 0 Å². The van der Waals surface area contributed by atoms with Gasteiger partial charge in [-0.1, -0.05) is 6.07 Å². The number of hydrogen-bond donors (Lipinski definition) is 2. The molecule has 21 heavy (non-hydrogen) atoms. The number of phenols is 1. The average molecular weight is 299 g/mol. The smallest absolute Gasteiger partial charge is 0.309 e. The van der Waals surface area contributed by atoms with Crippen molar-refractivity contribution in [3.05, 3.63) is 59.6 Å². The molecule has 0 fully saturated rings. The topological polar surface area (TPSA) is 62.5 Å². The SMILES string of the molecule is O=C(O)Cc1ccc(-c2cccs2)n1-c1ccc(O)cc1. The Morgan fingerprint density at radius 2 is 1.86 bits per heavy atom. The molecule has 0 radical (unpaired) electrons. The van der Waals surface area contributed by atoms with Crippen molar-refractivity contribution in [3.63, 3.8) is 0 Å². The van der Waals surface area contributed by atoms with Crippen LogP contribution in [-0.4, -0.2) is 20.7 Å². The van der Waals surface area contributed by atoms with Gasteiger partial charge in [0, 0.05) is 11.4 Å². The van der Waals surface area contributed by atoms with Gasteiger partial charge in [-0.2, -0.15) is 0 Å². The van der Waals surface area contributed by atoms with Crippen LogP contribution < -0.4 is 0 Å². The lowest BCUT2D eigenvalue weighted by Gasteiger charge is -2.12. The van der Waals surface area contributed by atoms with Crippen molar-refractivity contribution in [2.24, 2.45) is 0 Å². The number of carboxylic acids is 1.